The molecule has 0 saturated carbocycles. The van der Waals surface area contributed by atoms with Gasteiger partial charge in [-0.2, -0.15) is 4.98 Å². The molecule has 26 heavy (non-hydrogen) atoms. The first-order chi connectivity index (χ1) is 12.7. The number of hydrogen-bond donors (Lipinski definition) is 1. The second-order valence-electron chi connectivity index (χ2n) is 6.73. The zero-order valence-corrected chi connectivity index (χ0v) is 15.7. The second kappa shape index (κ2) is 7.51. The third-order valence-corrected chi connectivity index (χ3v) is 5.38. The molecule has 0 bridgehead atoms. The molecule has 1 fully saturated rings. The first-order valence-corrected chi connectivity index (χ1v) is 9.55. The van der Waals surface area contributed by atoms with Crippen molar-refractivity contribution < 1.29 is 0 Å². The quantitative estimate of drug-likeness (QED) is 0.683. The van der Waals surface area contributed by atoms with Crippen LogP contribution in [-0.2, 0) is 13.1 Å². The molecular weight excluding hydrogens is 342 g/mol. The third kappa shape index (κ3) is 3.48. The minimum Gasteiger partial charge on any atom is -0.278 e. The molecule has 1 atom stereocenters. The summed E-state index contributed by atoms with van der Waals surface area (Å²) in [6.07, 6.45) is 7.17. The fourth-order valence-electron chi connectivity index (χ4n) is 3.61. The number of aryl methyl sites for hydroxylation is 1. The number of H-pyrrole nitrogens is 1. The largest absolute Gasteiger partial charge is 0.278 e. The molecule has 6 heteroatoms. The van der Waals surface area contributed by atoms with Crippen LogP contribution >= 0.6 is 12.2 Å². The molecule has 1 N–H and O–H groups in total. The van der Waals surface area contributed by atoms with Crippen LogP contribution in [0.4, 0.5) is 0 Å². The van der Waals surface area contributed by atoms with Gasteiger partial charge in [0.2, 0.25) is 4.77 Å². The van der Waals surface area contributed by atoms with E-state index in [1.54, 1.807) is 0 Å². The van der Waals surface area contributed by atoms with Crippen molar-refractivity contribution in [2.45, 2.75) is 38.9 Å². The first kappa shape index (κ1) is 17.1. The number of nitrogens with one attached hydrogen (secondary N) is 1. The highest BCUT2D eigenvalue weighted by Gasteiger charge is 2.26. The maximum atomic E-state index is 5.49. The molecule has 1 unspecified atom stereocenters. The van der Waals surface area contributed by atoms with E-state index in [2.05, 4.69) is 57.2 Å². The van der Waals surface area contributed by atoms with E-state index in [9.17, 15) is 0 Å². The topological polar surface area (TPSA) is 49.7 Å². The van der Waals surface area contributed by atoms with E-state index < -0.39 is 0 Å². The highest BCUT2D eigenvalue weighted by Crippen LogP contribution is 2.31. The minimum absolute atomic E-state index is 0.390. The Kier molecular flexibility index (Phi) is 4.95. The Hall–Kier alpha value is -2.31. The molecule has 1 aliphatic rings. The van der Waals surface area contributed by atoms with Gasteiger partial charge in [-0.05, 0) is 48.7 Å². The number of aromatic amines is 1. The van der Waals surface area contributed by atoms with Gasteiger partial charge >= 0.3 is 0 Å². The summed E-state index contributed by atoms with van der Waals surface area (Å²) in [4.78, 5) is 11.3. The summed E-state index contributed by atoms with van der Waals surface area (Å²) in [5.74, 6) is 0.828. The van der Waals surface area contributed by atoms with Crippen LogP contribution < -0.4 is 0 Å². The van der Waals surface area contributed by atoms with E-state index in [1.165, 1.54) is 17.5 Å². The molecule has 0 spiro atoms. The average Bonchev–Trinajstić information content (AvgIpc) is 3.30. The Labute approximate surface area is 158 Å². The number of aromatic nitrogens is 4. The highest BCUT2D eigenvalue weighted by molar-refractivity contribution is 7.71. The molecule has 3 heterocycles. The molecule has 1 aromatic carbocycles. The molecular formula is C20H23N5S. The lowest BCUT2D eigenvalue weighted by Crippen LogP contribution is -2.27. The Morgan fingerprint density at radius 1 is 1.23 bits per heavy atom. The van der Waals surface area contributed by atoms with E-state index in [0.717, 1.165) is 37.4 Å². The summed E-state index contributed by atoms with van der Waals surface area (Å²) in [6, 6.07) is 13.0. The SMILES string of the molecule is CCc1ccc(-c2nc(=S)n(CN3CCCC3c3cccnc3)[nH]2)cc1. The molecule has 4 rings (SSSR count). The van der Waals surface area contributed by atoms with Crippen molar-refractivity contribution in [1.82, 2.24) is 24.6 Å². The maximum absolute atomic E-state index is 5.49. The summed E-state index contributed by atoms with van der Waals surface area (Å²) in [6.45, 7) is 3.94. The lowest BCUT2D eigenvalue weighted by molar-refractivity contribution is 0.190. The molecule has 3 aromatic rings. The van der Waals surface area contributed by atoms with Crippen LogP contribution in [0.1, 0.15) is 36.9 Å². The Bertz CT molecular complexity index is 913. The van der Waals surface area contributed by atoms with Crippen LogP contribution in [0.5, 0.6) is 0 Å². The number of likely N-dealkylation sites (tertiary alicyclic amines) is 1. The average molecular weight is 366 g/mol. The van der Waals surface area contributed by atoms with Gasteiger partial charge in [0.15, 0.2) is 5.82 Å². The van der Waals surface area contributed by atoms with E-state index in [0.29, 0.717) is 10.8 Å². The Morgan fingerprint density at radius 3 is 2.81 bits per heavy atom. The summed E-state index contributed by atoms with van der Waals surface area (Å²) >= 11 is 5.49. The van der Waals surface area contributed by atoms with Gasteiger partial charge in [-0.15, -0.1) is 0 Å². The summed E-state index contributed by atoms with van der Waals surface area (Å²) < 4.78 is 2.56. The first-order valence-electron chi connectivity index (χ1n) is 9.14. The molecule has 2 aromatic heterocycles. The van der Waals surface area contributed by atoms with Crippen molar-refractivity contribution in [1.29, 1.82) is 0 Å². The van der Waals surface area contributed by atoms with Crippen LogP contribution in [0.3, 0.4) is 0 Å². The zero-order valence-electron chi connectivity index (χ0n) is 14.9. The van der Waals surface area contributed by atoms with Crippen molar-refractivity contribution >= 4 is 12.2 Å². The fraction of sp³-hybridized carbons (Fsp3) is 0.350. The Balaban J connectivity index is 1.55. The third-order valence-electron chi connectivity index (χ3n) is 5.07. The molecule has 5 nitrogen and oxygen atoms in total. The molecule has 1 saturated heterocycles. The van der Waals surface area contributed by atoms with Crippen LogP contribution in [0, 0.1) is 4.77 Å². The summed E-state index contributed by atoms with van der Waals surface area (Å²) in [5, 5.41) is 3.38. The number of rotatable bonds is 5. The van der Waals surface area contributed by atoms with Crippen molar-refractivity contribution in [3.05, 3.63) is 64.7 Å². The van der Waals surface area contributed by atoms with Crippen LogP contribution in [0.15, 0.2) is 48.8 Å². The molecule has 134 valence electrons. The van der Waals surface area contributed by atoms with Gasteiger partial charge in [-0.3, -0.25) is 15.0 Å². The minimum atomic E-state index is 0.390. The van der Waals surface area contributed by atoms with E-state index in [4.69, 9.17) is 12.2 Å². The van der Waals surface area contributed by atoms with Crippen LogP contribution in [0.2, 0.25) is 0 Å². The van der Waals surface area contributed by atoms with Crippen molar-refractivity contribution in [3.8, 4) is 11.4 Å². The van der Waals surface area contributed by atoms with Crippen LogP contribution in [0.25, 0.3) is 11.4 Å². The van der Waals surface area contributed by atoms with E-state index >= 15 is 0 Å². The zero-order chi connectivity index (χ0) is 17.9. The molecule has 0 amide bonds. The second-order valence-corrected chi connectivity index (χ2v) is 7.10. The predicted octanol–water partition coefficient (Wildman–Crippen LogP) is 4.36. The van der Waals surface area contributed by atoms with Crippen molar-refractivity contribution in [2.24, 2.45) is 0 Å². The van der Waals surface area contributed by atoms with E-state index in [-0.39, 0.29) is 0 Å². The number of nitrogens with zero attached hydrogens (tertiary/aromatic N) is 4. The van der Waals surface area contributed by atoms with Gasteiger partial charge < -0.3 is 0 Å². The summed E-state index contributed by atoms with van der Waals surface area (Å²) in [7, 11) is 0. The highest BCUT2D eigenvalue weighted by atomic mass is 32.1. The lowest BCUT2D eigenvalue weighted by Gasteiger charge is -2.24. The van der Waals surface area contributed by atoms with Gasteiger partial charge in [0.05, 0.1) is 6.67 Å². The van der Waals surface area contributed by atoms with Crippen LogP contribution in [-0.4, -0.2) is 31.2 Å². The van der Waals surface area contributed by atoms with Gasteiger partial charge in [0, 0.05) is 30.5 Å². The van der Waals surface area contributed by atoms with E-state index in [1.807, 2.05) is 23.1 Å². The summed E-state index contributed by atoms with van der Waals surface area (Å²) in [5.41, 5.74) is 3.66. The number of benzene rings is 1. The lowest BCUT2D eigenvalue weighted by atomic mass is 10.1. The fourth-order valence-corrected chi connectivity index (χ4v) is 3.80. The van der Waals surface area contributed by atoms with Gasteiger partial charge in [0.1, 0.15) is 0 Å². The standard InChI is InChI=1S/C20H23N5S/c1-2-15-7-9-16(10-8-15)19-22-20(26)25(23-19)14-24-12-4-6-18(24)17-5-3-11-21-13-17/h3,5,7-11,13,18H,2,4,6,12,14H2,1H3,(H,22,23,26). The molecule has 0 radical (unpaired) electrons. The Morgan fingerprint density at radius 2 is 2.08 bits per heavy atom. The normalized spacial score (nSPS) is 17.7. The van der Waals surface area contributed by atoms with Crippen molar-refractivity contribution in [3.63, 3.8) is 0 Å². The predicted molar refractivity (Wildman–Crippen MR) is 105 cm³/mol. The number of pyridine rings is 1. The molecule has 0 aliphatic carbocycles. The smallest absolute Gasteiger partial charge is 0.217 e. The van der Waals surface area contributed by atoms with Gasteiger partial charge in [0.25, 0.3) is 0 Å². The maximum Gasteiger partial charge on any atom is 0.217 e. The van der Waals surface area contributed by atoms with Crippen molar-refractivity contribution in [2.75, 3.05) is 6.54 Å². The monoisotopic (exact) mass is 365 g/mol. The van der Waals surface area contributed by atoms with Gasteiger partial charge in [-0.25, -0.2) is 4.68 Å². The van der Waals surface area contributed by atoms with Gasteiger partial charge in [-0.1, -0.05) is 37.3 Å². The molecule has 1 aliphatic heterocycles. The number of hydrogen-bond acceptors (Lipinski definition) is 4.